The van der Waals surface area contributed by atoms with Gasteiger partial charge in [-0.1, -0.05) is 18.2 Å². The van der Waals surface area contributed by atoms with Crippen molar-refractivity contribution >= 4 is 15.9 Å². The summed E-state index contributed by atoms with van der Waals surface area (Å²) in [6, 6.07) is 5.96. The minimum absolute atomic E-state index is 0.210. The first-order chi connectivity index (χ1) is 7.66. The van der Waals surface area contributed by atoms with Crippen LogP contribution in [0.5, 0.6) is 0 Å². The minimum atomic E-state index is -0.210. The van der Waals surface area contributed by atoms with Gasteiger partial charge in [-0.3, -0.25) is 0 Å². The Bertz CT molecular complexity index is 395. The SMILES string of the molecule is CC(NC1CC=CC1)c1ccc(F)c(Br)c1. The molecule has 1 aromatic rings. The van der Waals surface area contributed by atoms with Gasteiger partial charge in [-0.2, -0.15) is 0 Å². The summed E-state index contributed by atoms with van der Waals surface area (Å²) in [5.74, 6) is -0.210. The number of halogens is 2. The lowest BCUT2D eigenvalue weighted by molar-refractivity contribution is 0.470. The molecule has 0 saturated heterocycles. The van der Waals surface area contributed by atoms with Crippen molar-refractivity contribution in [2.45, 2.75) is 31.8 Å². The molecular weight excluding hydrogens is 269 g/mol. The van der Waals surface area contributed by atoms with E-state index in [4.69, 9.17) is 0 Å². The first-order valence-corrected chi connectivity index (χ1v) is 6.32. The third kappa shape index (κ3) is 2.71. The maximum Gasteiger partial charge on any atom is 0.137 e. The molecule has 0 spiro atoms. The average molecular weight is 284 g/mol. The van der Waals surface area contributed by atoms with Gasteiger partial charge in [-0.25, -0.2) is 4.39 Å². The molecule has 0 aromatic heterocycles. The molecule has 1 unspecified atom stereocenters. The average Bonchev–Trinajstić information content (AvgIpc) is 2.74. The van der Waals surface area contributed by atoms with E-state index in [2.05, 4.69) is 40.3 Å². The lowest BCUT2D eigenvalue weighted by atomic mass is 10.1. The summed E-state index contributed by atoms with van der Waals surface area (Å²) in [5, 5.41) is 3.54. The highest BCUT2D eigenvalue weighted by Gasteiger charge is 2.14. The topological polar surface area (TPSA) is 12.0 Å². The minimum Gasteiger partial charge on any atom is -0.307 e. The number of hydrogen-bond acceptors (Lipinski definition) is 1. The van der Waals surface area contributed by atoms with E-state index in [1.54, 1.807) is 0 Å². The lowest BCUT2D eigenvalue weighted by Crippen LogP contribution is -2.29. The quantitative estimate of drug-likeness (QED) is 0.828. The molecule has 1 atom stereocenters. The highest BCUT2D eigenvalue weighted by molar-refractivity contribution is 9.10. The smallest absolute Gasteiger partial charge is 0.137 e. The molecule has 0 radical (unpaired) electrons. The Kier molecular flexibility index (Phi) is 3.77. The molecule has 1 N–H and O–H groups in total. The van der Waals surface area contributed by atoms with E-state index in [1.165, 1.54) is 6.07 Å². The van der Waals surface area contributed by atoms with Gasteiger partial charge in [0.05, 0.1) is 4.47 Å². The van der Waals surface area contributed by atoms with Gasteiger partial charge in [-0.05, 0) is 53.4 Å². The summed E-state index contributed by atoms with van der Waals surface area (Å²) >= 11 is 3.21. The Morgan fingerprint density at radius 2 is 2.06 bits per heavy atom. The van der Waals surface area contributed by atoms with Crippen molar-refractivity contribution in [3.05, 3.63) is 46.2 Å². The first-order valence-electron chi connectivity index (χ1n) is 5.53. The van der Waals surface area contributed by atoms with E-state index in [9.17, 15) is 4.39 Å². The van der Waals surface area contributed by atoms with Gasteiger partial charge in [0, 0.05) is 12.1 Å². The molecule has 1 aliphatic rings. The van der Waals surface area contributed by atoms with Gasteiger partial charge < -0.3 is 5.32 Å². The van der Waals surface area contributed by atoms with Crippen molar-refractivity contribution in [1.29, 1.82) is 0 Å². The van der Waals surface area contributed by atoms with Crippen LogP contribution in [0.25, 0.3) is 0 Å². The fourth-order valence-corrected chi connectivity index (χ4v) is 2.38. The molecule has 0 saturated carbocycles. The van der Waals surface area contributed by atoms with Gasteiger partial charge in [0.2, 0.25) is 0 Å². The Hall–Kier alpha value is -0.670. The molecule has 0 heterocycles. The van der Waals surface area contributed by atoms with E-state index in [1.807, 2.05) is 12.1 Å². The number of rotatable bonds is 3. The van der Waals surface area contributed by atoms with Gasteiger partial charge >= 0.3 is 0 Å². The van der Waals surface area contributed by atoms with Gasteiger partial charge in [0.15, 0.2) is 0 Å². The molecule has 1 aromatic carbocycles. The molecule has 1 aliphatic carbocycles. The second-order valence-corrected chi connectivity index (χ2v) is 5.06. The summed E-state index contributed by atoms with van der Waals surface area (Å²) < 4.78 is 13.6. The van der Waals surface area contributed by atoms with Crippen LogP contribution in [0.3, 0.4) is 0 Å². The van der Waals surface area contributed by atoms with Crippen molar-refractivity contribution in [3.63, 3.8) is 0 Å². The second-order valence-electron chi connectivity index (χ2n) is 4.20. The zero-order valence-corrected chi connectivity index (χ0v) is 10.8. The van der Waals surface area contributed by atoms with Crippen molar-refractivity contribution in [2.24, 2.45) is 0 Å². The largest absolute Gasteiger partial charge is 0.307 e. The molecule has 1 nitrogen and oxygen atoms in total. The monoisotopic (exact) mass is 283 g/mol. The van der Waals surface area contributed by atoms with Gasteiger partial charge in [-0.15, -0.1) is 0 Å². The molecule has 2 rings (SSSR count). The summed E-state index contributed by atoms with van der Waals surface area (Å²) in [6.07, 6.45) is 6.58. The van der Waals surface area contributed by atoms with Crippen LogP contribution in [0, 0.1) is 5.82 Å². The third-order valence-corrected chi connectivity index (χ3v) is 3.54. The Balaban J connectivity index is 2.02. The molecule has 0 fully saturated rings. The Labute approximate surface area is 104 Å². The molecule has 3 heteroatoms. The summed E-state index contributed by atoms with van der Waals surface area (Å²) in [5.41, 5.74) is 1.11. The second kappa shape index (κ2) is 5.11. The predicted octanol–water partition coefficient (Wildman–Crippen LogP) is 3.96. The first kappa shape index (κ1) is 11.8. The van der Waals surface area contributed by atoms with Crippen LogP contribution in [-0.2, 0) is 0 Å². The molecule has 0 aliphatic heterocycles. The molecule has 86 valence electrons. The van der Waals surface area contributed by atoms with Gasteiger partial charge in [0.1, 0.15) is 5.82 Å². The normalized spacial score (nSPS) is 17.9. The van der Waals surface area contributed by atoms with Crippen LogP contribution in [0.2, 0.25) is 0 Å². The zero-order chi connectivity index (χ0) is 11.5. The van der Waals surface area contributed by atoms with Crippen LogP contribution in [0.4, 0.5) is 4.39 Å². The number of nitrogens with one attached hydrogen (secondary N) is 1. The fourth-order valence-electron chi connectivity index (χ4n) is 1.98. The Morgan fingerprint density at radius 3 is 2.69 bits per heavy atom. The fraction of sp³-hybridized carbons (Fsp3) is 0.385. The van der Waals surface area contributed by atoms with E-state index < -0.39 is 0 Å². The third-order valence-electron chi connectivity index (χ3n) is 2.94. The maximum absolute atomic E-state index is 13.1. The highest BCUT2D eigenvalue weighted by atomic mass is 79.9. The zero-order valence-electron chi connectivity index (χ0n) is 9.21. The molecular formula is C13H15BrFN. The summed E-state index contributed by atoms with van der Waals surface area (Å²) in [4.78, 5) is 0. The molecule has 0 bridgehead atoms. The summed E-state index contributed by atoms with van der Waals surface area (Å²) in [7, 11) is 0. The highest BCUT2D eigenvalue weighted by Crippen LogP contribution is 2.22. The summed E-state index contributed by atoms with van der Waals surface area (Å²) in [6.45, 7) is 2.11. The lowest BCUT2D eigenvalue weighted by Gasteiger charge is -2.19. The number of hydrogen-bond donors (Lipinski definition) is 1. The van der Waals surface area contributed by atoms with Gasteiger partial charge in [0.25, 0.3) is 0 Å². The molecule has 16 heavy (non-hydrogen) atoms. The standard InChI is InChI=1S/C13H15BrFN/c1-9(16-11-4-2-3-5-11)10-6-7-13(15)12(14)8-10/h2-3,6-9,11,16H,4-5H2,1H3. The van der Waals surface area contributed by atoms with Crippen molar-refractivity contribution in [3.8, 4) is 0 Å². The van der Waals surface area contributed by atoms with E-state index >= 15 is 0 Å². The molecule has 0 amide bonds. The predicted molar refractivity (Wildman–Crippen MR) is 67.8 cm³/mol. The van der Waals surface area contributed by atoms with Crippen LogP contribution >= 0.6 is 15.9 Å². The van der Waals surface area contributed by atoms with Crippen molar-refractivity contribution < 1.29 is 4.39 Å². The maximum atomic E-state index is 13.1. The van der Waals surface area contributed by atoms with Crippen LogP contribution in [-0.4, -0.2) is 6.04 Å². The van der Waals surface area contributed by atoms with Crippen molar-refractivity contribution in [2.75, 3.05) is 0 Å². The van der Waals surface area contributed by atoms with Crippen LogP contribution < -0.4 is 5.32 Å². The van der Waals surface area contributed by atoms with Crippen LogP contribution in [0.15, 0.2) is 34.8 Å². The van der Waals surface area contributed by atoms with Crippen molar-refractivity contribution in [1.82, 2.24) is 5.32 Å². The number of benzene rings is 1. The Morgan fingerprint density at radius 1 is 1.38 bits per heavy atom. The van der Waals surface area contributed by atoms with Crippen LogP contribution in [0.1, 0.15) is 31.4 Å². The van der Waals surface area contributed by atoms with E-state index in [0.29, 0.717) is 10.5 Å². The van der Waals surface area contributed by atoms with E-state index in [-0.39, 0.29) is 11.9 Å². The van der Waals surface area contributed by atoms with E-state index in [0.717, 1.165) is 18.4 Å².